The summed E-state index contributed by atoms with van der Waals surface area (Å²) >= 11 is 0. The van der Waals surface area contributed by atoms with Gasteiger partial charge < -0.3 is 14.6 Å². The molecule has 152 valence electrons. The SMILES string of the molecule is CC1(C)OC(=O)C(C[P+](c2ccccc2)(c2ccccc2)c2ccccc2)=C([O-])O1. The molecule has 0 fully saturated rings. The molecule has 0 bridgehead atoms. The number of hydrogen-bond donors (Lipinski definition) is 0. The van der Waals surface area contributed by atoms with E-state index < -0.39 is 25.0 Å². The largest absolute Gasteiger partial charge is 0.575 e. The van der Waals surface area contributed by atoms with Crippen molar-refractivity contribution in [3.8, 4) is 0 Å². The molecule has 4 nitrogen and oxygen atoms in total. The van der Waals surface area contributed by atoms with Crippen LogP contribution in [0.2, 0.25) is 0 Å². The van der Waals surface area contributed by atoms with Crippen LogP contribution in [0.1, 0.15) is 13.8 Å². The summed E-state index contributed by atoms with van der Waals surface area (Å²) in [5, 5.41) is 16.1. The molecule has 4 rings (SSSR count). The molecule has 3 aromatic carbocycles. The number of rotatable bonds is 5. The Morgan fingerprint density at radius 2 is 1.13 bits per heavy atom. The number of carbonyl (C=O) groups is 1. The van der Waals surface area contributed by atoms with E-state index in [-0.39, 0.29) is 11.7 Å². The molecule has 0 saturated carbocycles. The predicted molar refractivity (Wildman–Crippen MR) is 118 cm³/mol. The Morgan fingerprint density at radius 1 is 0.733 bits per heavy atom. The van der Waals surface area contributed by atoms with Crippen molar-refractivity contribution in [2.45, 2.75) is 19.6 Å². The lowest BCUT2D eigenvalue weighted by molar-refractivity contribution is -0.394. The molecule has 0 unspecified atom stereocenters. The maximum Gasteiger partial charge on any atom is 0.341 e. The molecular formula is C25H23O4P. The smallest absolute Gasteiger partial charge is 0.341 e. The Labute approximate surface area is 177 Å². The average Bonchev–Trinajstić information content (AvgIpc) is 2.75. The molecule has 0 aromatic heterocycles. The second-order valence-electron chi connectivity index (χ2n) is 7.63. The highest BCUT2D eigenvalue weighted by atomic mass is 31.2. The van der Waals surface area contributed by atoms with Gasteiger partial charge in [-0.2, -0.15) is 0 Å². The van der Waals surface area contributed by atoms with Crippen molar-refractivity contribution in [1.29, 1.82) is 0 Å². The topological polar surface area (TPSA) is 58.6 Å². The standard InChI is InChI=1S/C25H23O4P/c1-25(2)28-23(26)22(24(27)29-25)18-30(19-12-6-3-7-13-19,20-14-8-4-9-15-20)21-16-10-5-11-17-21/h3-17H,18H2,1-2H3. The summed E-state index contributed by atoms with van der Waals surface area (Å²) in [6.07, 6.45) is 0.235. The lowest BCUT2D eigenvalue weighted by Crippen LogP contribution is -2.43. The summed E-state index contributed by atoms with van der Waals surface area (Å²) in [6.45, 7) is 3.13. The van der Waals surface area contributed by atoms with Gasteiger partial charge in [0.1, 0.15) is 29.3 Å². The van der Waals surface area contributed by atoms with E-state index in [0.29, 0.717) is 0 Å². The number of ether oxygens (including phenoxy) is 2. The number of benzene rings is 3. The lowest BCUT2D eigenvalue weighted by Gasteiger charge is -2.40. The Hall–Kier alpha value is -3.10. The number of esters is 1. The van der Waals surface area contributed by atoms with Gasteiger partial charge in [0.2, 0.25) is 0 Å². The summed E-state index contributed by atoms with van der Waals surface area (Å²) in [5.41, 5.74) is 0.0548. The number of cyclic esters (lactones) is 1. The van der Waals surface area contributed by atoms with Gasteiger partial charge in [-0.05, 0) is 50.2 Å². The van der Waals surface area contributed by atoms with Crippen LogP contribution in [-0.2, 0) is 14.3 Å². The van der Waals surface area contributed by atoms with E-state index in [1.165, 1.54) is 0 Å². The molecule has 5 heteroatoms. The summed E-state index contributed by atoms with van der Waals surface area (Å²) in [6, 6.07) is 30.2. The van der Waals surface area contributed by atoms with Gasteiger partial charge in [0, 0.05) is 0 Å². The van der Waals surface area contributed by atoms with Crippen molar-refractivity contribution in [2.75, 3.05) is 6.16 Å². The van der Waals surface area contributed by atoms with Gasteiger partial charge in [-0.25, -0.2) is 4.79 Å². The van der Waals surface area contributed by atoms with Crippen molar-refractivity contribution in [1.82, 2.24) is 0 Å². The third-order valence-electron chi connectivity index (χ3n) is 5.16. The Kier molecular flexibility index (Phi) is 5.36. The van der Waals surface area contributed by atoms with Crippen molar-refractivity contribution in [3.63, 3.8) is 0 Å². The van der Waals surface area contributed by atoms with Crippen molar-refractivity contribution >= 4 is 29.1 Å². The number of hydrogen-bond acceptors (Lipinski definition) is 4. The predicted octanol–water partition coefficient (Wildman–Crippen LogP) is 2.86. The van der Waals surface area contributed by atoms with Gasteiger partial charge in [-0.15, -0.1) is 0 Å². The first-order chi connectivity index (χ1) is 14.4. The van der Waals surface area contributed by atoms with Crippen molar-refractivity contribution in [2.24, 2.45) is 0 Å². The Morgan fingerprint density at radius 3 is 1.50 bits per heavy atom. The van der Waals surface area contributed by atoms with E-state index in [1.54, 1.807) is 13.8 Å². The normalized spacial score (nSPS) is 16.0. The van der Waals surface area contributed by atoms with Gasteiger partial charge in [0.15, 0.2) is 5.79 Å². The highest BCUT2D eigenvalue weighted by molar-refractivity contribution is 7.95. The van der Waals surface area contributed by atoms with Crippen LogP contribution in [0.5, 0.6) is 0 Å². The second-order valence-corrected chi connectivity index (χ2v) is 11.1. The molecule has 0 radical (unpaired) electrons. The van der Waals surface area contributed by atoms with Crippen LogP contribution in [-0.4, -0.2) is 17.9 Å². The molecule has 0 atom stereocenters. The van der Waals surface area contributed by atoms with Gasteiger partial charge in [0.25, 0.3) is 0 Å². The molecule has 0 N–H and O–H groups in total. The molecule has 3 aromatic rings. The van der Waals surface area contributed by atoms with Crippen LogP contribution in [0.3, 0.4) is 0 Å². The van der Waals surface area contributed by atoms with E-state index in [9.17, 15) is 9.90 Å². The molecule has 1 heterocycles. The third-order valence-corrected chi connectivity index (χ3v) is 9.49. The highest BCUT2D eigenvalue weighted by Crippen LogP contribution is 2.57. The first kappa shape index (κ1) is 20.2. The van der Waals surface area contributed by atoms with Crippen LogP contribution >= 0.6 is 7.26 Å². The van der Waals surface area contributed by atoms with Gasteiger partial charge in [-0.1, -0.05) is 54.6 Å². The van der Waals surface area contributed by atoms with E-state index in [4.69, 9.17) is 9.47 Å². The van der Waals surface area contributed by atoms with Crippen LogP contribution in [0, 0.1) is 0 Å². The molecule has 0 amide bonds. The van der Waals surface area contributed by atoms with Crippen molar-refractivity contribution in [3.05, 3.63) is 103 Å². The minimum atomic E-state index is -2.38. The summed E-state index contributed by atoms with van der Waals surface area (Å²) < 4.78 is 10.8. The van der Waals surface area contributed by atoms with Crippen LogP contribution in [0.25, 0.3) is 0 Å². The van der Waals surface area contributed by atoms with Crippen LogP contribution in [0.4, 0.5) is 0 Å². The summed E-state index contributed by atoms with van der Waals surface area (Å²) in [4.78, 5) is 12.8. The average molecular weight is 418 g/mol. The van der Waals surface area contributed by atoms with Crippen LogP contribution < -0.4 is 21.0 Å². The lowest BCUT2D eigenvalue weighted by atomic mass is 10.2. The molecule has 0 aliphatic carbocycles. The molecule has 0 spiro atoms. The highest BCUT2D eigenvalue weighted by Gasteiger charge is 2.48. The zero-order valence-corrected chi connectivity index (χ0v) is 17.8. The minimum absolute atomic E-state index is 0.0548. The summed E-state index contributed by atoms with van der Waals surface area (Å²) in [5.74, 6) is -2.47. The Balaban J connectivity index is 1.98. The van der Waals surface area contributed by atoms with Gasteiger partial charge in [-0.3, -0.25) is 0 Å². The molecule has 30 heavy (non-hydrogen) atoms. The first-order valence-corrected chi connectivity index (χ1v) is 11.8. The molecule has 1 aliphatic rings. The second kappa shape index (κ2) is 7.97. The third kappa shape index (κ3) is 3.71. The van der Waals surface area contributed by atoms with Crippen molar-refractivity contribution < 1.29 is 19.4 Å². The van der Waals surface area contributed by atoms with Crippen LogP contribution in [0.15, 0.2) is 103 Å². The fourth-order valence-electron chi connectivity index (χ4n) is 3.81. The maximum atomic E-state index is 12.8. The zero-order valence-electron chi connectivity index (χ0n) is 16.9. The van der Waals surface area contributed by atoms with E-state index >= 15 is 0 Å². The molecule has 0 saturated heterocycles. The Bertz CT molecular complexity index is 963. The minimum Gasteiger partial charge on any atom is -0.575 e. The number of carbonyl (C=O) groups excluding carboxylic acids is 1. The molecular weight excluding hydrogens is 395 g/mol. The fourth-order valence-corrected chi connectivity index (χ4v) is 8.03. The van der Waals surface area contributed by atoms with Gasteiger partial charge >= 0.3 is 5.97 Å². The van der Waals surface area contributed by atoms with E-state index in [2.05, 4.69) is 36.4 Å². The molecule has 1 aliphatic heterocycles. The quantitative estimate of drug-likeness (QED) is 0.472. The van der Waals surface area contributed by atoms with E-state index in [0.717, 1.165) is 15.9 Å². The van der Waals surface area contributed by atoms with Gasteiger partial charge in [0.05, 0.1) is 11.5 Å². The fraction of sp³-hybridized carbons (Fsp3) is 0.160. The zero-order chi connectivity index (χ0) is 21.2. The van der Waals surface area contributed by atoms with E-state index in [1.807, 2.05) is 54.6 Å². The first-order valence-electron chi connectivity index (χ1n) is 9.80. The summed E-state index contributed by atoms with van der Waals surface area (Å²) in [7, 11) is -2.38. The monoisotopic (exact) mass is 418 g/mol. The maximum absolute atomic E-state index is 12.8.